The summed E-state index contributed by atoms with van der Waals surface area (Å²) in [4.78, 5) is 26.5. The molecule has 1 heterocycles. The summed E-state index contributed by atoms with van der Waals surface area (Å²) in [6, 6.07) is 9.21. The molecule has 7 heteroatoms. The molecule has 2 aromatic carbocycles. The van der Waals surface area contributed by atoms with Crippen LogP contribution in [0.25, 0.3) is 0 Å². The van der Waals surface area contributed by atoms with Gasteiger partial charge in [0.05, 0.1) is 6.61 Å². The topological polar surface area (TPSA) is 61.8 Å². The Hall–Kier alpha value is -3.02. The maximum Gasteiger partial charge on any atom is 0.165 e. The van der Waals surface area contributed by atoms with Crippen molar-refractivity contribution >= 4 is 34.8 Å². The van der Waals surface area contributed by atoms with E-state index in [1.54, 1.807) is 18.2 Å². The summed E-state index contributed by atoms with van der Waals surface area (Å²) in [6.07, 6.45) is 6.13. The molecule has 0 fully saturated rings. The van der Waals surface area contributed by atoms with E-state index in [9.17, 15) is 9.59 Å². The first kappa shape index (κ1) is 26.6. The van der Waals surface area contributed by atoms with Crippen molar-refractivity contribution in [2.45, 2.75) is 64.4 Å². The van der Waals surface area contributed by atoms with Crippen molar-refractivity contribution in [2.75, 3.05) is 6.61 Å². The van der Waals surface area contributed by atoms with Crippen LogP contribution < -0.4 is 9.47 Å². The van der Waals surface area contributed by atoms with E-state index < -0.39 is 5.92 Å². The second-order valence-electron chi connectivity index (χ2n) is 9.72. The average molecular weight is 553 g/mol. The number of hydrogen-bond acceptors (Lipinski definition) is 5. The minimum absolute atomic E-state index is 0.0436. The number of Topliss-reactive ketones (excluding diaryl/α,β-unsaturated/α-hetero) is 2. The molecule has 0 amide bonds. The zero-order chi connectivity index (χ0) is 26.8. The third-order valence-electron chi connectivity index (χ3n) is 7.18. The second-order valence-corrected chi connectivity index (χ2v) is 10.6. The Morgan fingerprint density at radius 1 is 0.947 bits per heavy atom. The molecule has 0 radical (unpaired) electrons. The standard InChI is InChI=1S/C31H30Cl2O5/c1-3-7-18-14-20(15-27(36-4-2)31(18)37-17-19-12-13-21(32)16-22(19)33)28-29-23(34)8-5-10-25(29)38-26-11-6-9-24(35)30(26)28/h3,12-16,28H,1,4-11,17H2,2H3. The zero-order valence-corrected chi connectivity index (χ0v) is 22.9. The van der Waals surface area contributed by atoms with Crippen molar-refractivity contribution < 1.29 is 23.8 Å². The molecule has 3 aliphatic rings. The highest BCUT2D eigenvalue weighted by Gasteiger charge is 2.42. The van der Waals surface area contributed by atoms with Gasteiger partial charge in [0, 0.05) is 63.9 Å². The summed E-state index contributed by atoms with van der Waals surface area (Å²) < 4.78 is 18.6. The highest BCUT2D eigenvalue weighted by atomic mass is 35.5. The van der Waals surface area contributed by atoms with Gasteiger partial charge in [-0.2, -0.15) is 0 Å². The van der Waals surface area contributed by atoms with E-state index in [1.165, 1.54) is 0 Å². The molecule has 0 saturated heterocycles. The van der Waals surface area contributed by atoms with Crippen LogP contribution in [0.15, 0.2) is 65.7 Å². The molecule has 198 valence electrons. The van der Waals surface area contributed by atoms with E-state index in [0.29, 0.717) is 82.9 Å². The van der Waals surface area contributed by atoms with Gasteiger partial charge in [-0.3, -0.25) is 9.59 Å². The van der Waals surface area contributed by atoms with E-state index in [1.807, 2.05) is 25.1 Å². The van der Waals surface area contributed by atoms with Crippen molar-refractivity contribution in [2.24, 2.45) is 0 Å². The monoisotopic (exact) mass is 552 g/mol. The number of benzene rings is 2. The van der Waals surface area contributed by atoms with Gasteiger partial charge in [0.1, 0.15) is 18.1 Å². The maximum absolute atomic E-state index is 13.2. The fraction of sp³-hybridized carbons (Fsp3) is 0.355. The van der Waals surface area contributed by atoms with Crippen LogP contribution in [0.2, 0.25) is 10.0 Å². The Labute approximate surface area is 233 Å². The van der Waals surface area contributed by atoms with Crippen molar-refractivity contribution in [1.29, 1.82) is 0 Å². The molecule has 0 saturated carbocycles. The predicted molar refractivity (Wildman–Crippen MR) is 148 cm³/mol. The molecule has 1 aliphatic heterocycles. The van der Waals surface area contributed by atoms with E-state index in [0.717, 1.165) is 29.5 Å². The molecule has 38 heavy (non-hydrogen) atoms. The first-order valence-corrected chi connectivity index (χ1v) is 13.8. The Kier molecular flexibility index (Phi) is 7.96. The number of hydrogen-bond donors (Lipinski definition) is 0. The Morgan fingerprint density at radius 3 is 2.24 bits per heavy atom. The van der Waals surface area contributed by atoms with Crippen molar-refractivity contribution in [1.82, 2.24) is 0 Å². The van der Waals surface area contributed by atoms with Gasteiger partial charge in [0.15, 0.2) is 23.1 Å². The lowest BCUT2D eigenvalue weighted by molar-refractivity contribution is -0.117. The molecule has 5 nitrogen and oxygen atoms in total. The number of ketones is 2. The fourth-order valence-electron chi connectivity index (χ4n) is 5.52. The summed E-state index contributed by atoms with van der Waals surface area (Å²) in [6.45, 7) is 6.48. The summed E-state index contributed by atoms with van der Waals surface area (Å²) in [5.41, 5.74) is 3.70. The molecular formula is C31H30Cl2O5. The largest absolute Gasteiger partial charge is 0.490 e. The van der Waals surface area contributed by atoms with Gasteiger partial charge in [-0.25, -0.2) is 0 Å². The van der Waals surface area contributed by atoms with Crippen LogP contribution in [-0.4, -0.2) is 18.2 Å². The van der Waals surface area contributed by atoms with Crippen LogP contribution >= 0.6 is 23.2 Å². The molecule has 0 bridgehead atoms. The average Bonchev–Trinajstić information content (AvgIpc) is 2.88. The quantitative estimate of drug-likeness (QED) is 0.312. The van der Waals surface area contributed by atoms with Gasteiger partial charge in [0.2, 0.25) is 0 Å². The summed E-state index contributed by atoms with van der Waals surface area (Å²) in [5, 5.41) is 1.07. The van der Waals surface area contributed by atoms with Gasteiger partial charge in [0.25, 0.3) is 0 Å². The normalized spacial score (nSPS) is 17.7. The van der Waals surface area contributed by atoms with Crippen molar-refractivity contribution in [3.63, 3.8) is 0 Å². The third kappa shape index (κ3) is 5.14. The number of carbonyl (C=O) groups excluding carboxylic acids is 2. The number of halogens is 2. The highest BCUT2D eigenvalue weighted by molar-refractivity contribution is 6.35. The first-order chi connectivity index (χ1) is 18.4. The summed E-state index contributed by atoms with van der Waals surface area (Å²) in [5.74, 6) is 2.17. The van der Waals surface area contributed by atoms with Crippen LogP contribution in [0.1, 0.15) is 68.1 Å². The number of ether oxygens (including phenoxy) is 3. The minimum atomic E-state index is -0.475. The van der Waals surface area contributed by atoms with Crippen molar-refractivity contribution in [3.05, 3.63) is 92.4 Å². The third-order valence-corrected chi connectivity index (χ3v) is 7.77. The maximum atomic E-state index is 13.2. The van der Waals surface area contributed by atoms with Gasteiger partial charge in [-0.1, -0.05) is 41.4 Å². The molecule has 5 rings (SSSR count). The molecular weight excluding hydrogens is 523 g/mol. The highest BCUT2D eigenvalue weighted by Crippen LogP contribution is 2.49. The van der Waals surface area contributed by atoms with Gasteiger partial charge in [-0.15, -0.1) is 6.58 Å². The lowest BCUT2D eigenvalue weighted by Gasteiger charge is -2.36. The van der Waals surface area contributed by atoms with Crippen LogP contribution in [0.5, 0.6) is 11.5 Å². The molecule has 0 aromatic heterocycles. The SMILES string of the molecule is C=CCc1cc(C2C3=C(CCCC3=O)OC3=C2C(=O)CCC3)cc(OCC)c1OCc1ccc(Cl)cc1Cl. The Bertz CT molecular complexity index is 1330. The predicted octanol–water partition coefficient (Wildman–Crippen LogP) is 7.83. The fourth-order valence-corrected chi connectivity index (χ4v) is 5.99. The van der Waals surface area contributed by atoms with Crippen molar-refractivity contribution in [3.8, 4) is 11.5 Å². The molecule has 2 aliphatic carbocycles. The van der Waals surface area contributed by atoms with Crippen LogP contribution in [0, 0.1) is 0 Å². The molecule has 0 spiro atoms. The van der Waals surface area contributed by atoms with Crippen LogP contribution in [0.4, 0.5) is 0 Å². The lowest BCUT2D eigenvalue weighted by Crippen LogP contribution is -2.30. The van der Waals surface area contributed by atoms with Gasteiger partial charge < -0.3 is 14.2 Å². The summed E-state index contributed by atoms with van der Waals surface area (Å²) in [7, 11) is 0. The molecule has 0 N–H and O–H groups in total. The van der Waals surface area contributed by atoms with Gasteiger partial charge in [-0.05, 0) is 49.9 Å². The molecule has 2 aromatic rings. The molecule has 0 unspecified atom stereocenters. The smallest absolute Gasteiger partial charge is 0.165 e. The summed E-state index contributed by atoms with van der Waals surface area (Å²) >= 11 is 12.4. The minimum Gasteiger partial charge on any atom is -0.490 e. The van der Waals surface area contributed by atoms with E-state index in [4.69, 9.17) is 37.4 Å². The molecule has 0 atom stereocenters. The number of rotatable bonds is 8. The number of carbonyl (C=O) groups is 2. The Balaban J connectivity index is 1.62. The van der Waals surface area contributed by atoms with E-state index in [-0.39, 0.29) is 18.2 Å². The van der Waals surface area contributed by atoms with E-state index in [2.05, 4.69) is 6.58 Å². The second kappa shape index (κ2) is 11.4. The zero-order valence-electron chi connectivity index (χ0n) is 21.4. The Morgan fingerprint density at radius 2 is 1.63 bits per heavy atom. The number of allylic oxidation sites excluding steroid dienone is 5. The van der Waals surface area contributed by atoms with Crippen LogP contribution in [0.3, 0.4) is 0 Å². The van der Waals surface area contributed by atoms with E-state index >= 15 is 0 Å². The lowest BCUT2D eigenvalue weighted by atomic mass is 9.73. The van der Waals surface area contributed by atoms with Crippen LogP contribution in [-0.2, 0) is 27.4 Å². The first-order valence-electron chi connectivity index (χ1n) is 13.1. The van der Waals surface area contributed by atoms with Gasteiger partial charge >= 0.3 is 0 Å².